The summed E-state index contributed by atoms with van der Waals surface area (Å²) in [6, 6.07) is 4.68. The van der Waals surface area contributed by atoms with Gasteiger partial charge in [-0.05, 0) is 17.7 Å². The van der Waals surface area contributed by atoms with E-state index in [0.717, 1.165) is 5.56 Å². The molecule has 0 aliphatic heterocycles. The summed E-state index contributed by atoms with van der Waals surface area (Å²) in [5.74, 6) is 5.28. The van der Waals surface area contributed by atoms with Gasteiger partial charge in [0.2, 0.25) is 0 Å². The number of aromatic hydroxyl groups is 2. The number of imidazole rings is 1. The summed E-state index contributed by atoms with van der Waals surface area (Å²) in [5, 5.41) is 19.0. The van der Waals surface area contributed by atoms with Crippen molar-refractivity contribution in [2.45, 2.75) is 12.8 Å². The number of phenolic OH excluding ortho intramolecular Hbond substituents is 2. The van der Waals surface area contributed by atoms with Gasteiger partial charge in [-0.15, -0.1) is 0 Å². The van der Waals surface area contributed by atoms with Gasteiger partial charge in [0.15, 0.2) is 17.1 Å². The molecule has 2 heterocycles. The van der Waals surface area contributed by atoms with Crippen LogP contribution in [0.2, 0.25) is 0 Å². The van der Waals surface area contributed by atoms with Crippen molar-refractivity contribution >= 4 is 11.2 Å². The Morgan fingerprint density at radius 1 is 1.15 bits per heavy atom. The maximum absolute atomic E-state index is 9.59. The van der Waals surface area contributed by atoms with Crippen molar-refractivity contribution in [2.24, 2.45) is 0 Å². The van der Waals surface area contributed by atoms with Crippen LogP contribution in [0.15, 0.2) is 30.9 Å². The molecule has 0 aliphatic carbocycles. The van der Waals surface area contributed by atoms with Crippen LogP contribution in [-0.2, 0) is 0 Å². The number of fused-ring (bicyclic) bond motifs is 1. The highest BCUT2D eigenvalue weighted by atomic mass is 16.3. The average molecular weight is 271 g/mol. The van der Waals surface area contributed by atoms with Gasteiger partial charge in [0.25, 0.3) is 0 Å². The van der Waals surface area contributed by atoms with E-state index in [-0.39, 0.29) is 17.4 Å². The summed E-state index contributed by atoms with van der Waals surface area (Å²) >= 11 is 0. The van der Waals surface area contributed by atoms with Crippen LogP contribution < -0.4 is 5.84 Å². The van der Waals surface area contributed by atoms with Crippen molar-refractivity contribution < 1.29 is 10.2 Å². The fourth-order valence-electron chi connectivity index (χ4n) is 2.15. The minimum absolute atomic E-state index is 0.123. The summed E-state index contributed by atoms with van der Waals surface area (Å²) in [6.07, 6.45) is 2.91. The Bertz CT molecular complexity index is 784. The van der Waals surface area contributed by atoms with Gasteiger partial charge in [0.05, 0.1) is 5.69 Å². The molecule has 0 radical (unpaired) electrons. The van der Waals surface area contributed by atoms with Gasteiger partial charge >= 0.3 is 0 Å². The number of rotatable bonds is 2. The van der Waals surface area contributed by atoms with Crippen molar-refractivity contribution in [2.75, 3.05) is 5.84 Å². The molecule has 0 spiro atoms. The topological polar surface area (TPSA) is 110 Å². The molecule has 0 bridgehead atoms. The minimum atomic E-state index is -0.163. The molecule has 4 N–H and O–H groups in total. The lowest BCUT2D eigenvalue weighted by atomic mass is 9.96. The molecule has 1 unspecified atom stereocenters. The maximum atomic E-state index is 9.59. The van der Waals surface area contributed by atoms with Gasteiger partial charge in [-0.1, -0.05) is 13.0 Å². The molecular weight excluding hydrogens is 258 g/mol. The van der Waals surface area contributed by atoms with E-state index in [2.05, 4.69) is 15.0 Å². The van der Waals surface area contributed by atoms with E-state index in [1.54, 1.807) is 6.07 Å². The Morgan fingerprint density at radius 3 is 2.70 bits per heavy atom. The Hall–Kier alpha value is -2.83. The molecule has 0 amide bonds. The van der Waals surface area contributed by atoms with Crippen molar-refractivity contribution in [1.29, 1.82) is 0 Å². The third-order valence-electron chi connectivity index (χ3n) is 3.30. The second kappa shape index (κ2) is 4.37. The summed E-state index contributed by atoms with van der Waals surface area (Å²) in [7, 11) is 0. The number of nitrogens with two attached hydrogens (primary N) is 1. The van der Waals surface area contributed by atoms with Crippen molar-refractivity contribution in [3.8, 4) is 11.5 Å². The summed E-state index contributed by atoms with van der Waals surface area (Å²) in [5.41, 5.74) is 2.69. The van der Waals surface area contributed by atoms with Crippen molar-refractivity contribution in [3.63, 3.8) is 0 Å². The average Bonchev–Trinajstić information content (AvgIpc) is 2.83. The Morgan fingerprint density at radius 2 is 1.95 bits per heavy atom. The van der Waals surface area contributed by atoms with Gasteiger partial charge in [-0.2, -0.15) is 0 Å². The molecule has 0 saturated carbocycles. The zero-order valence-corrected chi connectivity index (χ0v) is 10.7. The first-order chi connectivity index (χ1) is 9.58. The summed E-state index contributed by atoms with van der Waals surface area (Å²) in [4.78, 5) is 12.6. The number of hydrogen-bond acceptors (Lipinski definition) is 6. The molecule has 7 nitrogen and oxygen atoms in total. The predicted molar refractivity (Wildman–Crippen MR) is 72.8 cm³/mol. The Balaban J connectivity index is 2.12. The molecule has 102 valence electrons. The minimum Gasteiger partial charge on any atom is -0.504 e. The molecule has 1 atom stereocenters. The van der Waals surface area contributed by atoms with Crippen LogP contribution in [0.5, 0.6) is 11.5 Å². The highest BCUT2D eigenvalue weighted by Crippen LogP contribution is 2.32. The first kappa shape index (κ1) is 12.2. The molecule has 3 aromatic rings. The van der Waals surface area contributed by atoms with Crippen LogP contribution in [0.25, 0.3) is 11.2 Å². The lowest BCUT2D eigenvalue weighted by Crippen LogP contribution is -2.08. The van der Waals surface area contributed by atoms with Crippen LogP contribution in [0.4, 0.5) is 0 Å². The van der Waals surface area contributed by atoms with E-state index in [9.17, 15) is 10.2 Å². The predicted octanol–water partition coefficient (Wildman–Crippen LogP) is 1.10. The van der Waals surface area contributed by atoms with Crippen LogP contribution in [-0.4, -0.2) is 29.8 Å². The van der Waals surface area contributed by atoms with Gasteiger partial charge < -0.3 is 16.1 Å². The van der Waals surface area contributed by atoms with Crippen LogP contribution in [0.1, 0.15) is 24.1 Å². The number of hydrogen-bond donors (Lipinski definition) is 3. The fourth-order valence-corrected chi connectivity index (χ4v) is 2.15. The van der Waals surface area contributed by atoms with Gasteiger partial charge in [0, 0.05) is 5.92 Å². The van der Waals surface area contributed by atoms with Crippen molar-refractivity contribution in [3.05, 3.63) is 42.1 Å². The van der Waals surface area contributed by atoms with E-state index in [4.69, 9.17) is 5.84 Å². The number of benzene rings is 1. The maximum Gasteiger partial charge on any atom is 0.182 e. The molecular formula is C13H13N5O2. The first-order valence-corrected chi connectivity index (χ1v) is 6.03. The van der Waals surface area contributed by atoms with Crippen LogP contribution in [0.3, 0.4) is 0 Å². The zero-order valence-electron chi connectivity index (χ0n) is 10.7. The SMILES string of the molecule is CC(c1ccc(O)c(O)c1)c1ncnc2c1ncn2N. The second-order valence-corrected chi connectivity index (χ2v) is 4.55. The monoisotopic (exact) mass is 271 g/mol. The first-order valence-electron chi connectivity index (χ1n) is 6.03. The molecule has 3 rings (SSSR count). The zero-order chi connectivity index (χ0) is 14.3. The lowest BCUT2D eigenvalue weighted by Gasteiger charge is -2.12. The molecule has 20 heavy (non-hydrogen) atoms. The van der Waals surface area contributed by atoms with E-state index in [0.29, 0.717) is 16.9 Å². The van der Waals surface area contributed by atoms with E-state index in [1.807, 2.05) is 6.92 Å². The lowest BCUT2D eigenvalue weighted by molar-refractivity contribution is 0.403. The summed E-state index contributed by atoms with van der Waals surface area (Å²) in [6.45, 7) is 1.93. The third kappa shape index (κ3) is 1.80. The highest BCUT2D eigenvalue weighted by molar-refractivity contribution is 5.74. The van der Waals surface area contributed by atoms with Crippen molar-refractivity contribution in [1.82, 2.24) is 19.6 Å². The van der Waals surface area contributed by atoms with Gasteiger partial charge in [-0.3, -0.25) is 0 Å². The quantitative estimate of drug-likeness (QED) is 0.475. The van der Waals surface area contributed by atoms with E-state index in [1.165, 1.54) is 29.5 Å². The number of phenols is 2. The Kier molecular flexibility index (Phi) is 2.67. The van der Waals surface area contributed by atoms with E-state index >= 15 is 0 Å². The van der Waals surface area contributed by atoms with Gasteiger partial charge in [0.1, 0.15) is 18.2 Å². The molecule has 0 aliphatic rings. The van der Waals surface area contributed by atoms with E-state index < -0.39 is 0 Å². The molecule has 1 aromatic carbocycles. The Labute approximate surface area is 114 Å². The van der Waals surface area contributed by atoms with Gasteiger partial charge in [-0.25, -0.2) is 19.6 Å². The second-order valence-electron chi connectivity index (χ2n) is 4.55. The number of nitrogens with zero attached hydrogens (tertiary/aromatic N) is 4. The third-order valence-corrected chi connectivity index (χ3v) is 3.30. The molecule has 0 saturated heterocycles. The summed E-state index contributed by atoms with van der Waals surface area (Å²) < 4.78 is 1.33. The fraction of sp³-hybridized carbons (Fsp3) is 0.154. The highest BCUT2D eigenvalue weighted by Gasteiger charge is 2.17. The molecule has 7 heteroatoms. The largest absolute Gasteiger partial charge is 0.504 e. The van der Waals surface area contributed by atoms with Crippen LogP contribution in [0, 0.1) is 0 Å². The number of aromatic nitrogens is 4. The standard InChI is InChI=1S/C13H13N5O2/c1-7(8-2-3-9(19)10(20)4-8)11-12-13(16-5-15-11)18(14)6-17-12/h2-7,19-20H,14H2,1H3. The smallest absolute Gasteiger partial charge is 0.182 e. The molecule has 2 aromatic heterocycles. The number of nitrogen functional groups attached to an aromatic ring is 1. The normalized spacial score (nSPS) is 12.7. The molecule has 0 fully saturated rings. The van der Waals surface area contributed by atoms with Crippen LogP contribution >= 0.6 is 0 Å².